The van der Waals surface area contributed by atoms with Gasteiger partial charge in [-0.3, -0.25) is 4.79 Å². The molecule has 6 nitrogen and oxygen atoms in total. The van der Waals surface area contributed by atoms with Crippen molar-refractivity contribution in [2.45, 2.75) is 5.41 Å². The zero-order chi connectivity index (χ0) is 23.5. The number of nitrogens with zero attached hydrogens (tertiary/aromatic N) is 1. The number of hydrogen-bond donors (Lipinski definition) is 0. The average molecular weight is 449 g/mol. The van der Waals surface area contributed by atoms with Crippen molar-refractivity contribution >= 4 is 23.7 Å². The van der Waals surface area contributed by atoms with E-state index in [1.807, 2.05) is 0 Å². The van der Waals surface area contributed by atoms with Crippen LogP contribution in [0.4, 0.5) is 10.5 Å². The fourth-order valence-corrected chi connectivity index (χ4v) is 4.15. The lowest BCUT2D eigenvalue weighted by Gasteiger charge is -2.26. The summed E-state index contributed by atoms with van der Waals surface area (Å²) in [4.78, 5) is 42.0. The Balaban J connectivity index is 1.65. The Kier molecular flexibility index (Phi) is 5.40. The Morgan fingerprint density at radius 1 is 0.618 bits per heavy atom. The highest BCUT2D eigenvalue weighted by molar-refractivity contribution is 6.30. The van der Waals surface area contributed by atoms with Crippen molar-refractivity contribution in [3.05, 3.63) is 126 Å². The van der Waals surface area contributed by atoms with Crippen molar-refractivity contribution in [1.82, 2.24) is 0 Å². The van der Waals surface area contributed by atoms with E-state index in [0.717, 1.165) is 4.90 Å². The Morgan fingerprint density at radius 2 is 1.12 bits per heavy atom. The van der Waals surface area contributed by atoms with E-state index in [1.54, 1.807) is 115 Å². The van der Waals surface area contributed by atoms with Gasteiger partial charge in [0.05, 0.1) is 5.69 Å². The smallest absolute Gasteiger partial charge is 0.425 e. The van der Waals surface area contributed by atoms with Crippen LogP contribution in [0, 0.1) is 0 Å². The van der Waals surface area contributed by atoms with Gasteiger partial charge in [0.15, 0.2) is 5.41 Å². The largest absolute Gasteiger partial charge is 0.426 e. The molecule has 34 heavy (non-hydrogen) atoms. The summed E-state index contributed by atoms with van der Waals surface area (Å²) in [7, 11) is 0. The maximum Gasteiger partial charge on any atom is 0.426 e. The van der Waals surface area contributed by atoms with Crippen molar-refractivity contribution in [1.29, 1.82) is 0 Å². The van der Waals surface area contributed by atoms with E-state index in [2.05, 4.69) is 0 Å². The Hall–Kier alpha value is -4.71. The first-order valence-electron chi connectivity index (χ1n) is 10.7. The molecule has 0 radical (unpaired) electrons. The summed E-state index contributed by atoms with van der Waals surface area (Å²) >= 11 is 0. The molecule has 0 unspecified atom stereocenters. The van der Waals surface area contributed by atoms with Gasteiger partial charge in [0.25, 0.3) is 5.91 Å². The fraction of sp³-hybridized carbons (Fsp3) is 0.0357. The molecule has 0 fully saturated rings. The summed E-state index contributed by atoms with van der Waals surface area (Å²) < 4.78 is 11.2. The van der Waals surface area contributed by atoms with E-state index in [1.165, 1.54) is 0 Å². The van der Waals surface area contributed by atoms with E-state index in [0.29, 0.717) is 16.9 Å². The molecule has 2 amide bonds. The van der Waals surface area contributed by atoms with E-state index in [4.69, 9.17) is 9.47 Å². The molecule has 1 atom stereocenters. The van der Waals surface area contributed by atoms with Crippen LogP contribution < -0.4 is 14.4 Å². The fourth-order valence-electron chi connectivity index (χ4n) is 4.15. The van der Waals surface area contributed by atoms with Crippen LogP contribution in [0.25, 0.3) is 0 Å². The number of esters is 1. The zero-order valence-electron chi connectivity index (χ0n) is 18.0. The van der Waals surface area contributed by atoms with Gasteiger partial charge in [-0.1, -0.05) is 84.9 Å². The average Bonchev–Trinajstić information content (AvgIpc) is 3.14. The minimum atomic E-state index is -1.89. The molecule has 1 aliphatic rings. The van der Waals surface area contributed by atoms with Gasteiger partial charge in [-0.05, 0) is 35.9 Å². The lowest BCUT2D eigenvalue weighted by molar-refractivity contribution is -0.143. The first-order chi connectivity index (χ1) is 16.6. The van der Waals surface area contributed by atoms with Crippen LogP contribution in [-0.2, 0) is 15.0 Å². The summed E-state index contributed by atoms with van der Waals surface area (Å²) in [5.41, 5.74) is -0.883. The van der Waals surface area contributed by atoms with Crippen molar-refractivity contribution in [2.75, 3.05) is 4.90 Å². The molecule has 0 spiro atoms. The van der Waals surface area contributed by atoms with Crippen molar-refractivity contribution in [2.24, 2.45) is 0 Å². The van der Waals surface area contributed by atoms with Gasteiger partial charge in [-0.2, -0.15) is 0 Å². The van der Waals surface area contributed by atoms with E-state index < -0.39 is 23.4 Å². The van der Waals surface area contributed by atoms with Crippen LogP contribution in [0.5, 0.6) is 11.5 Å². The molecule has 0 bridgehead atoms. The number of ether oxygens (including phenoxy) is 2. The third-order valence-corrected chi connectivity index (χ3v) is 5.67. The van der Waals surface area contributed by atoms with Gasteiger partial charge in [-0.25, -0.2) is 14.5 Å². The summed E-state index contributed by atoms with van der Waals surface area (Å²) in [6.07, 6.45) is -0.908. The van der Waals surface area contributed by atoms with Crippen LogP contribution in [0.2, 0.25) is 0 Å². The first-order valence-corrected chi connectivity index (χ1v) is 10.7. The molecule has 0 saturated carbocycles. The van der Waals surface area contributed by atoms with Crippen LogP contribution in [-0.4, -0.2) is 18.0 Å². The minimum Gasteiger partial charge on any atom is -0.425 e. The second kappa shape index (κ2) is 8.67. The van der Waals surface area contributed by atoms with Crippen molar-refractivity contribution in [3.63, 3.8) is 0 Å². The molecular formula is C28H19NO5. The molecule has 1 aliphatic heterocycles. The highest BCUT2D eigenvalue weighted by atomic mass is 16.6. The van der Waals surface area contributed by atoms with E-state index in [-0.39, 0.29) is 11.4 Å². The van der Waals surface area contributed by atoms with Crippen molar-refractivity contribution in [3.8, 4) is 11.5 Å². The van der Waals surface area contributed by atoms with E-state index >= 15 is 0 Å². The predicted octanol–water partition coefficient (Wildman–Crippen LogP) is 5.12. The van der Waals surface area contributed by atoms with Gasteiger partial charge in [-0.15, -0.1) is 0 Å². The summed E-state index contributed by atoms with van der Waals surface area (Å²) in [6, 6.07) is 32.2. The zero-order valence-corrected chi connectivity index (χ0v) is 18.0. The molecule has 0 N–H and O–H groups in total. The normalized spacial score (nSPS) is 16.6. The maximum atomic E-state index is 14.1. The number of anilines is 1. The predicted molar refractivity (Wildman–Crippen MR) is 126 cm³/mol. The number of carbonyl (C=O) groups is 3. The second-order valence-corrected chi connectivity index (χ2v) is 7.66. The number of carbonyl (C=O) groups excluding carboxylic acids is 3. The maximum absolute atomic E-state index is 14.1. The van der Waals surface area contributed by atoms with Crippen LogP contribution in [0.3, 0.4) is 0 Å². The molecule has 4 aromatic carbocycles. The minimum absolute atomic E-state index is 0.266. The number of fused-ring (bicyclic) bond motifs is 1. The molecule has 5 rings (SSSR count). The summed E-state index contributed by atoms with van der Waals surface area (Å²) in [5.74, 6) is -1.00. The molecule has 166 valence electrons. The molecule has 4 aromatic rings. The summed E-state index contributed by atoms with van der Waals surface area (Å²) in [6.45, 7) is 0. The topological polar surface area (TPSA) is 72.9 Å². The molecular weight excluding hydrogens is 430 g/mol. The number of amides is 2. The Morgan fingerprint density at radius 3 is 1.74 bits per heavy atom. The van der Waals surface area contributed by atoms with Gasteiger partial charge in [0.1, 0.15) is 11.5 Å². The van der Waals surface area contributed by atoms with Crippen LogP contribution in [0.15, 0.2) is 115 Å². The Labute approximate surface area is 196 Å². The number of para-hydroxylation sites is 3. The van der Waals surface area contributed by atoms with Crippen LogP contribution >= 0.6 is 0 Å². The first kappa shape index (κ1) is 21.2. The molecule has 0 aliphatic carbocycles. The molecule has 6 heteroatoms. The molecule has 1 heterocycles. The standard InChI is InChI=1S/C28H19NO5/c30-25-28(20-12-4-1-5-13-20,26(31)33-21-14-6-2-7-15-21)23-18-10-11-19-24(23)29(25)27(32)34-22-16-8-3-9-17-22/h1-19H/t28-/m0/s1. The SMILES string of the molecule is O=C(Oc1ccccc1)N1C(=O)[C@](C(=O)Oc2ccccc2)(c2ccccc2)c2ccccc21. The van der Waals surface area contributed by atoms with Gasteiger partial charge in [0, 0.05) is 5.56 Å². The highest BCUT2D eigenvalue weighted by Gasteiger charge is 2.61. The monoisotopic (exact) mass is 449 g/mol. The third kappa shape index (κ3) is 3.42. The number of benzene rings is 4. The highest BCUT2D eigenvalue weighted by Crippen LogP contribution is 2.47. The van der Waals surface area contributed by atoms with Crippen molar-refractivity contribution < 1.29 is 23.9 Å². The second-order valence-electron chi connectivity index (χ2n) is 7.66. The summed E-state index contributed by atoms with van der Waals surface area (Å²) in [5, 5.41) is 0. The van der Waals surface area contributed by atoms with Gasteiger partial charge >= 0.3 is 12.1 Å². The van der Waals surface area contributed by atoms with Crippen LogP contribution in [0.1, 0.15) is 11.1 Å². The van der Waals surface area contributed by atoms with E-state index in [9.17, 15) is 14.4 Å². The number of hydrogen-bond acceptors (Lipinski definition) is 5. The van der Waals surface area contributed by atoms with Gasteiger partial charge in [0.2, 0.25) is 0 Å². The quantitative estimate of drug-likeness (QED) is 0.246. The Bertz CT molecular complexity index is 1360. The number of imide groups is 1. The van der Waals surface area contributed by atoms with Gasteiger partial charge < -0.3 is 9.47 Å². The number of rotatable bonds is 4. The molecule has 0 aromatic heterocycles. The third-order valence-electron chi connectivity index (χ3n) is 5.67. The molecule has 0 saturated heterocycles. The lowest BCUT2D eigenvalue weighted by atomic mass is 9.75. The lowest BCUT2D eigenvalue weighted by Crippen LogP contribution is -2.51.